The maximum Gasteiger partial charge on any atom is 0.269 e. The van der Waals surface area contributed by atoms with Gasteiger partial charge < -0.3 is 0 Å². The molecule has 142 valence electrons. The van der Waals surface area contributed by atoms with E-state index in [4.69, 9.17) is 0 Å². The van der Waals surface area contributed by atoms with Crippen molar-refractivity contribution in [2.24, 2.45) is 0 Å². The topological polar surface area (TPSA) is 79.9 Å². The van der Waals surface area contributed by atoms with E-state index in [0.29, 0.717) is 4.53 Å². The van der Waals surface area contributed by atoms with E-state index in [0.717, 1.165) is 21.8 Å². The van der Waals surface area contributed by atoms with Crippen LogP contribution in [0.1, 0.15) is 10.4 Å². The molecule has 5 nitrogen and oxygen atoms in total. The maximum atomic E-state index is 13.1. The van der Waals surface area contributed by atoms with E-state index < -0.39 is 14.7 Å². The standard InChI is InChI=1S/C20H16N2O3S3/c1-3-10-22-19(23)17(12-15-5-4-11-26-15)27-20(22)18(13-21)28(24,25)16-8-6-14(2)7-9-16/h3-9,11-12H,1,10H2,2H3/b17-12-,20-18+. The Morgan fingerprint density at radius 1 is 1.29 bits per heavy atom. The van der Waals surface area contributed by atoms with Gasteiger partial charge in [-0.25, -0.2) is 8.42 Å². The summed E-state index contributed by atoms with van der Waals surface area (Å²) in [5.74, 6) is 0. The lowest BCUT2D eigenvalue weighted by molar-refractivity contribution is 0.605. The van der Waals surface area contributed by atoms with Crippen LogP contribution in [-0.2, 0) is 16.4 Å². The fraction of sp³-hybridized carbons (Fsp3) is 0.100. The van der Waals surface area contributed by atoms with Gasteiger partial charge in [0.05, 0.1) is 9.43 Å². The SMILES string of the molecule is C=CCn1c(=O)/c(=C/c2cccs2)s/c1=C(\C#N)S(=O)(=O)c1ccc(C)cc1. The molecule has 0 fully saturated rings. The third-order valence-corrected chi connectivity index (χ3v) is 7.73. The summed E-state index contributed by atoms with van der Waals surface area (Å²) in [6, 6.07) is 11.8. The molecule has 0 aliphatic carbocycles. The summed E-state index contributed by atoms with van der Waals surface area (Å²) in [4.78, 5) is 13.3. The van der Waals surface area contributed by atoms with E-state index in [1.54, 1.807) is 24.3 Å². The van der Waals surface area contributed by atoms with Gasteiger partial charge >= 0.3 is 0 Å². The Morgan fingerprint density at radius 2 is 2.00 bits per heavy atom. The van der Waals surface area contributed by atoms with E-state index in [9.17, 15) is 18.5 Å². The minimum Gasteiger partial charge on any atom is -0.293 e. The molecule has 28 heavy (non-hydrogen) atoms. The summed E-state index contributed by atoms with van der Waals surface area (Å²) in [7, 11) is -4.07. The Morgan fingerprint density at radius 3 is 2.57 bits per heavy atom. The molecule has 0 atom stereocenters. The third-order valence-electron chi connectivity index (χ3n) is 3.93. The van der Waals surface area contributed by atoms with Crippen molar-refractivity contribution in [2.45, 2.75) is 18.4 Å². The van der Waals surface area contributed by atoms with Crippen molar-refractivity contribution in [3.05, 3.63) is 84.4 Å². The van der Waals surface area contributed by atoms with Crippen LogP contribution in [0.2, 0.25) is 0 Å². The summed E-state index contributed by atoms with van der Waals surface area (Å²) in [5.41, 5.74) is 0.560. The van der Waals surface area contributed by atoms with Crippen LogP contribution in [0.15, 0.2) is 64.1 Å². The molecule has 0 aliphatic heterocycles. The number of sulfone groups is 1. The van der Waals surface area contributed by atoms with Crippen LogP contribution in [0.4, 0.5) is 0 Å². The Hall–Kier alpha value is -2.73. The number of allylic oxidation sites excluding steroid dienone is 1. The van der Waals surface area contributed by atoms with Gasteiger partial charge in [-0.3, -0.25) is 9.36 Å². The molecule has 1 aromatic carbocycles. The number of rotatable bonds is 5. The first-order valence-electron chi connectivity index (χ1n) is 8.20. The first-order chi connectivity index (χ1) is 13.4. The zero-order valence-electron chi connectivity index (χ0n) is 15.0. The van der Waals surface area contributed by atoms with Gasteiger partial charge in [0.15, 0.2) is 4.91 Å². The van der Waals surface area contributed by atoms with Crippen LogP contribution >= 0.6 is 22.7 Å². The zero-order valence-corrected chi connectivity index (χ0v) is 17.4. The highest BCUT2D eigenvalue weighted by Gasteiger charge is 2.24. The van der Waals surface area contributed by atoms with Crippen molar-refractivity contribution in [3.8, 4) is 6.07 Å². The summed E-state index contributed by atoms with van der Waals surface area (Å²) >= 11 is 2.46. The monoisotopic (exact) mass is 428 g/mol. The molecule has 0 saturated heterocycles. The van der Waals surface area contributed by atoms with Crippen molar-refractivity contribution >= 4 is 43.5 Å². The van der Waals surface area contributed by atoms with Crippen LogP contribution < -0.4 is 14.8 Å². The summed E-state index contributed by atoms with van der Waals surface area (Å²) in [6.07, 6.45) is 3.20. The van der Waals surface area contributed by atoms with E-state index in [1.807, 2.05) is 24.4 Å². The lowest BCUT2D eigenvalue weighted by Gasteiger charge is -2.04. The van der Waals surface area contributed by atoms with Crippen molar-refractivity contribution in [2.75, 3.05) is 0 Å². The van der Waals surface area contributed by atoms with Gasteiger partial charge in [0, 0.05) is 11.4 Å². The molecular formula is C20H16N2O3S3. The quantitative estimate of drug-likeness (QED) is 0.585. The number of aryl methyl sites for hydroxylation is 1. The summed E-state index contributed by atoms with van der Waals surface area (Å²) < 4.78 is 27.9. The molecule has 2 aromatic heterocycles. The zero-order chi connectivity index (χ0) is 20.3. The molecule has 3 rings (SSSR count). The number of thiazole rings is 1. The fourth-order valence-corrected chi connectivity index (χ4v) is 5.92. The molecule has 8 heteroatoms. The second-order valence-electron chi connectivity index (χ2n) is 5.89. The predicted octanol–water partition coefficient (Wildman–Crippen LogP) is 2.40. The van der Waals surface area contributed by atoms with Crippen molar-refractivity contribution < 1.29 is 8.42 Å². The Kier molecular flexibility index (Phi) is 5.79. The van der Waals surface area contributed by atoms with Gasteiger partial charge in [-0.1, -0.05) is 29.8 Å². The third kappa shape index (κ3) is 3.78. The second-order valence-corrected chi connectivity index (χ2v) is 9.79. The van der Waals surface area contributed by atoms with Gasteiger partial charge in [0.1, 0.15) is 10.7 Å². The van der Waals surface area contributed by atoms with Crippen LogP contribution in [0.25, 0.3) is 11.0 Å². The van der Waals surface area contributed by atoms with E-state index in [-0.39, 0.29) is 21.7 Å². The Bertz CT molecular complexity index is 1340. The molecule has 2 heterocycles. The first-order valence-corrected chi connectivity index (χ1v) is 11.4. The smallest absolute Gasteiger partial charge is 0.269 e. The highest BCUT2D eigenvalue weighted by Crippen LogP contribution is 2.19. The minimum absolute atomic E-state index is 0.0180. The maximum absolute atomic E-state index is 13.1. The number of nitrogens with zero attached hydrogens (tertiary/aromatic N) is 2. The van der Waals surface area contributed by atoms with Crippen LogP contribution in [0, 0.1) is 18.3 Å². The van der Waals surface area contributed by atoms with E-state index in [2.05, 4.69) is 6.58 Å². The molecule has 0 unspecified atom stereocenters. The molecule has 0 radical (unpaired) electrons. The average Bonchev–Trinajstić information content (AvgIpc) is 3.27. The van der Waals surface area contributed by atoms with Crippen molar-refractivity contribution in [1.82, 2.24) is 4.57 Å². The predicted molar refractivity (Wildman–Crippen MR) is 113 cm³/mol. The highest BCUT2D eigenvalue weighted by molar-refractivity contribution is 8.00. The molecule has 0 aliphatic rings. The normalized spacial score (nSPS) is 13.2. The van der Waals surface area contributed by atoms with Gasteiger partial charge in [0.2, 0.25) is 9.84 Å². The Labute approximate surface area is 170 Å². The van der Waals surface area contributed by atoms with Gasteiger partial charge in [-0.15, -0.1) is 29.3 Å². The lowest BCUT2D eigenvalue weighted by atomic mass is 10.2. The number of aromatic nitrogens is 1. The van der Waals surface area contributed by atoms with Crippen molar-refractivity contribution in [3.63, 3.8) is 0 Å². The van der Waals surface area contributed by atoms with Gasteiger partial charge in [-0.05, 0) is 36.6 Å². The van der Waals surface area contributed by atoms with Crippen LogP contribution in [0.5, 0.6) is 0 Å². The molecule has 0 amide bonds. The van der Waals surface area contributed by atoms with Gasteiger partial charge in [-0.2, -0.15) is 5.26 Å². The highest BCUT2D eigenvalue weighted by atomic mass is 32.2. The van der Waals surface area contributed by atoms with Crippen LogP contribution in [0.3, 0.4) is 0 Å². The molecule has 0 N–H and O–H groups in total. The van der Waals surface area contributed by atoms with Gasteiger partial charge in [0.25, 0.3) is 5.56 Å². The lowest BCUT2D eigenvalue weighted by Crippen LogP contribution is -2.32. The molecule has 0 spiro atoms. The van der Waals surface area contributed by atoms with E-state index in [1.165, 1.54) is 34.1 Å². The number of hydrogen-bond acceptors (Lipinski definition) is 6. The fourth-order valence-electron chi connectivity index (χ4n) is 2.54. The number of thiophene rings is 1. The average molecular weight is 429 g/mol. The molecule has 3 aromatic rings. The summed E-state index contributed by atoms with van der Waals surface area (Å²) in [5, 5.41) is 11.6. The Balaban J connectivity index is 2.37. The van der Waals surface area contributed by atoms with Crippen LogP contribution in [-0.4, -0.2) is 13.0 Å². The molecular weight excluding hydrogens is 412 g/mol. The molecule has 0 bridgehead atoms. The first kappa shape index (κ1) is 20.0. The minimum atomic E-state index is -4.07. The second kappa shape index (κ2) is 8.10. The number of benzene rings is 1. The van der Waals surface area contributed by atoms with Crippen molar-refractivity contribution in [1.29, 1.82) is 5.26 Å². The number of hydrogen-bond donors (Lipinski definition) is 0. The summed E-state index contributed by atoms with van der Waals surface area (Å²) in [6.45, 7) is 5.59. The largest absolute Gasteiger partial charge is 0.293 e. The number of nitriles is 1. The molecule has 0 saturated carbocycles. The van der Waals surface area contributed by atoms with E-state index >= 15 is 0 Å².